The van der Waals surface area contributed by atoms with Crippen molar-refractivity contribution in [3.63, 3.8) is 0 Å². The summed E-state index contributed by atoms with van der Waals surface area (Å²) in [5.74, 6) is 6.77. The third-order valence-electron chi connectivity index (χ3n) is 14.1. The number of nitrogens with zero attached hydrogens (tertiary/aromatic N) is 4. The number of benzene rings is 6. The van der Waals surface area contributed by atoms with Gasteiger partial charge < -0.3 is 4.74 Å². The van der Waals surface area contributed by atoms with E-state index in [9.17, 15) is 0 Å². The van der Waals surface area contributed by atoms with Crippen LogP contribution in [0.15, 0.2) is 156 Å². The molecule has 5 unspecified atom stereocenters. The molecule has 0 amide bonds. The van der Waals surface area contributed by atoms with Crippen molar-refractivity contribution in [2.75, 3.05) is 0 Å². The van der Waals surface area contributed by atoms with E-state index in [1.807, 2.05) is 42.5 Å². The summed E-state index contributed by atoms with van der Waals surface area (Å²) in [5, 5.41) is 2.30. The highest BCUT2D eigenvalue weighted by molar-refractivity contribution is 7.99. The summed E-state index contributed by atoms with van der Waals surface area (Å²) >= 11 is 1.70. The second-order valence-corrected chi connectivity index (χ2v) is 17.7. The predicted molar refractivity (Wildman–Crippen MR) is 226 cm³/mol. The molecular formula is C51H36N4OS. The lowest BCUT2D eigenvalue weighted by atomic mass is 9.37. The van der Waals surface area contributed by atoms with Gasteiger partial charge in [0, 0.05) is 29.1 Å². The van der Waals surface area contributed by atoms with Gasteiger partial charge in [0.2, 0.25) is 0 Å². The number of para-hydroxylation sites is 1. The fourth-order valence-electron chi connectivity index (χ4n) is 11.5. The molecular weight excluding hydrogens is 717 g/mol. The van der Waals surface area contributed by atoms with Gasteiger partial charge in [-0.25, -0.2) is 15.0 Å². The van der Waals surface area contributed by atoms with Crippen LogP contribution in [0.5, 0.6) is 11.5 Å². The Balaban J connectivity index is 0.948. The van der Waals surface area contributed by atoms with Crippen molar-refractivity contribution in [3.8, 4) is 67.9 Å². The zero-order chi connectivity index (χ0) is 37.2. The molecule has 2 aromatic heterocycles. The van der Waals surface area contributed by atoms with Gasteiger partial charge >= 0.3 is 0 Å². The van der Waals surface area contributed by atoms with E-state index in [0.717, 1.165) is 55.2 Å². The average Bonchev–Trinajstić information content (AvgIpc) is 3.63. The molecule has 0 saturated heterocycles. The second kappa shape index (κ2) is 12.0. The highest BCUT2D eigenvalue weighted by atomic mass is 32.2. The Bertz CT molecular complexity index is 2980. The van der Waals surface area contributed by atoms with E-state index in [1.165, 1.54) is 53.3 Å². The zero-order valence-electron chi connectivity index (χ0n) is 31.1. The van der Waals surface area contributed by atoms with Crippen LogP contribution in [0.2, 0.25) is 0 Å². The Kier molecular flexibility index (Phi) is 6.71. The van der Waals surface area contributed by atoms with Gasteiger partial charge in [0.25, 0.3) is 0 Å². The first-order valence-corrected chi connectivity index (χ1v) is 21.0. The van der Waals surface area contributed by atoms with Crippen molar-refractivity contribution in [2.45, 2.75) is 47.3 Å². The van der Waals surface area contributed by atoms with Gasteiger partial charge in [-0.15, -0.1) is 0 Å². The van der Waals surface area contributed by atoms with Gasteiger partial charge in [-0.3, -0.25) is 4.98 Å². The molecule has 3 fully saturated rings. The molecule has 6 aromatic carbocycles. The van der Waals surface area contributed by atoms with Crippen LogP contribution in [-0.4, -0.2) is 19.9 Å². The Morgan fingerprint density at radius 1 is 0.509 bits per heavy atom. The summed E-state index contributed by atoms with van der Waals surface area (Å²) in [6.45, 7) is 0. The molecule has 5 atom stereocenters. The van der Waals surface area contributed by atoms with Gasteiger partial charge in [0.1, 0.15) is 11.5 Å². The van der Waals surface area contributed by atoms with Crippen molar-refractivity contribution in [1.82, 2.24) is 19.9 Å². The van der Waals surface area contributed by atoms with Gasteiger partial charge in [0.15, 0.2) is 17.5 Å². The molecule has 3 saturated carbocycles. The van der Waals surface area contributed by atoms with Crippen molar-refractivity contribution >= 4 is 22.5 Å². The number of ether oxygens (including phenoxy) is 1. The molecule has 3 heterocycles. The quantitative estimate of drug-likeness (QED) is 0.178. The van der Waals surface area contributed by atoms with Crippen LogP contribution in [-0.2, 0) is 0 Å². The molecule has 5 aliphatic rings. The van der Waals surface area contributed by atoms with Gasteiger partial charge in [-0.1, -0.05) is 90.6 Å². The molecule has 2 bridgehead atoms. The Morgan fingerprint density at radius 3 is 2.12 bits per heavy atom. The Morgan fingerprint density at radius 2 is 1.23 bits per heavy atom. The normalized spacial score (nSPS) is 22.9. The number of fused-ring (bicyclic) bond motifs is 9. The van der Waals surface area contributed by atoms with E-state index >= 15 is 0 Å². The van der Waals surface area contributed by atoms with Crippen LogP contribution in [0, 0.1) is 17.3 Å². The first-order valence-electron chi connectivity index (χ1n) is 20.2. The molecule has 1 spiro atoms. The van der Waals surface area contributed by atoms with Crippen molar-refractivity contribution in [2.24, 2.45) is 17.3 Å². The van der Waals surface area contributed by atoms with Gasteiger partial charge in [0.05, 0.1) is 9.79 Å². The van der Waals surface area contributed by atoms with E-state index in [4.69, 9.17) is 19.7 Å². The molecule has 5 nitrogen and oxygen atoms in total. The maximum absolute atomic E-state index is 6.26. The molecule has 4 aliphatic carbocycles. The van der Waals surface area contributed by atoms with E-state index in [0.29, 0.717) is 34.7 Å². The fraction of sp³-hybridized carbons (Fsp3) is 0.176. The van der Waals surface area contributed by atoms with Crippen molar-refractivity contribution < 1.29 is 4.74 Å². The van der Waals surface area contributed by atoms with Crippen LogP contribution in [0.25, 0.3) is 67.2 Å². The van der Waals surface area contributed by atoms with Gasteiger partial charge in [-0.05, 0) is 154 Å². The van der Waals surface area contributed by atoms with Gasteiger partial charge in [-0.2, -0.15) is 0 Å². The molecule has 8 aromatic rings. The molecule has 6 heteroatoms. The smallest absolute Gasteiger partial charge is 0.164 e. The van der Waals surface area contributed by atoms with E-state index in [2.05, 4.69) is 96.0 Å². The molecule has 0 N–H and O–H groups in total. The van der Waals surface area contributed by atoms with E-state index < -0.39 is 0 Å². The summed E-state index contributed by atoms with van der Waals surface area (Å²) in [5.41, 5.74) is 11.8. The maximum atomic E-state index is 6.26. The third-order valence-corrected chi connectivity index (χ3v) is 15.2. The Hall–Kier alpha value is -6.11. The number of hydrogen-bond donors (Lipinski definition) is 0. The SMILES string of the molecule is c1ccc2c(c1)Oc1ccc(-c3nc(-c4ccncc4)nc(-c4ccc(-c5ccc6c(c5)-c5ccccc5C5CC7CC8CC6C78C5)c5ccccc45)n3)cc1S2. The van der Waals surface area contributed by atoms with Crippen molar-refractivity contribution in [3.05, 3.63) is 157 Å². The lowest BCUT2D eigenvalue weighted by Gasteiger charge is -2.67. The number of rotatable bonds is 4. The van der Waals surface area contributed by atoms with E-state index in [-0.39, 0.29) is 0 Å². The highest BCUT2D eigenvalue weighted by Gasteiger charge is 2.70. The first kappa shape index (κ1) is 32.0. The van der Waals surface area contributed by atoms with Crippen LogP contribution in [0.1, 0.15) is 48.6 Å². The minimum atomic E-state index is 0.540. The highest BCUT2D eigenvalue weighted by Crippen LogP contribution is 2.80. The first-order chi connectivity index (χ1) is 28.2. The van der Waals surface area contributed by atoms with E-state index in [1.54, 1.807) is 35.3 Å². The summed E-state index contributed by atoms with van der Waals surface area (Å²) in [6.07, 6.45) is 9.12. The van der Waals surface area contributed by atoms with Crippen LogP contribution < -0.4 is 4.74 Å². The third kappa shape index (κ3) is 4.65. The molecule has 57 heavy (non-hydrogen) atoms. The number of aromatic nitrogens is 4. The monoisotopic (exact) mass is 752 g/mol. The summed E-state index contributed by atoms with van der Waals surface area (Å²) < 4.78 is 6.26. The average molecular weight is 753 g/mol. The fourth-order valence-corrected chi connectivity index (χ4v) is 12.5. The number of pyridine rings is 1. The summed E-state index contributed by atoms with van der Waals surface area (Å²) in [4.78, 5) is 21.8. The second-order valence-electron chi connectivity index (χ2n) is 16.6. The van der Waals surface area contributed by atoms with Crippen LogP contribution in [0.3, 0.4) is 0 Å². The summed E-state index contributed by atoms with van der Waals surface area (Å²) in [6, 6.07) is 48.2. The van der Waals surface area contributed by atoms with Crippen molar-refractivity contribution in [1.29, 1.82) is 0 Å². The predicted octanol–water partition coefficient (Wildman–Crippen LogP) is 13.0. The zero-order valence-corrected chi connectivity index (χ0v) is 31.9. The number of hydrogen-bond acceptors (Lipinski definition) is 6. The minimum absolute atomic E-state index is 0.540. The molecule has 1 aliphatic heterocycles. The minimum Gasteiger partial charge on any atom is -0.455 e. The molecule has 272 valence electrons. The maximum Gasteiger partial charge on any atom is 0.164 e. The van der Waals surface area contributed by atoms with Crippen LogP contribution >= 0.6 is 11.8 Å². The Labute approximate surface area is 335 Å². The lowest BCUT2D eigenvalue weighted by Crippen LogP contribution is -2.58. The van der Waals surface area contributed by atoms with Crippen LogP contribution in [0.4, 0.5) is 0 Å². The molecule has 0 radical (unpaired) electrons. The lowest BCUT2D eigenvalue weighted by molar-refractivity contribution is -0.144. The largest absolute Gasteiger partial charge is 0.455 e. The summed E-state index contributed by atoms with van der Waals surface area (Å²) in [7, 11) is 0. The molecule has 13 rings (SSSR count). The standard InChI is InChI=1S/C51H36N4OS/c1-2-9-38-35(7-1)32-23-33-26-34-27-43(51(33,34)28-32)40-15-13-30(24-42(38)40)36-16-17-41(39-10-4-3-8-37(36)39)50-54-48(29-19-21-52-22-20-29)53-49(55-50)31-14-18-45-47(25-31)57-46-12-6-5-11-44(46)56-45/h1-22,24-25,32-34,43H,23,26-28H2. The topological polar surface area (TPSA) is 60.8 Å².